The summed E-state index contributed by atoms with van der Waals surface area (Å²) in [5.41, 5.74) is 2.95. The van der Waals surface area contributed by atoms with Crippen LogP contribution in [-0.4, -0.2) is 11.6 Å². The largest absolute Gasteiger partial charge is 0.455 e. The standard InChI is InChI=1S/C21H21FO2/c1-5-21(4,24-20(23)13(2)3)19-15-10-7-6-9-14(15)18-16(19)11-8-12-17(18)22/h6-12,19H,2,5H2,1,3-4H3. The number of rotatable bonds is 4. The van der Waals surface area contributed by atoms with Crippen molar-refractivity contribution >= 4 is 5.97 Å². The molecule has 0 amide bonds. The molecule has 2 atom stereocenters. The summed E-state index contributed by atoms with van der Waals surface area (Å²) in [6.07, 6.45) is 0.612. The third-order valence-electron chi connectivity index (χ3n) is 4.88. The summed E-state index contributed by atoms with van der Waals surface area (Å²) in [6, 6.07) is 12.9. The van der Waals surface area contributed by atoms with Crippen LogP contribution in [0.2, 0.25) is 0 Å². The van der Waals surface area contributed by atoms with Crippen LogP contribution < -0.4 is 0 Å². The van der Waals surface area contributed by atoms with Gasteiger partial charge in [0.05, 0.1) is 0 Å². The fraction of sp³-hybridized carbons (Fsp3) is 0.286. The molecule has 0 fully saturated rings. The van der Waals surface area contributed by atoms with Gasteiger partial charge in [0.25, 0.3) is 0 Å². The Bertz CT molecular complexity index is 824. The van der Waals surface area contributed by atoms with Gasteiger partial charge in [-0.05, 0) is 43.0 Å². The van der Waals surface area contributed by atoms with Crippen LogP contribution >= 0.6 is 0 Å². The van der Waals surface area contributed by atoms with Crippen LogP contribution in [0.5, 0.6) is 0 Å². The molecule has 2 unspecified atom stereocenters. The third-order valence-corrected chi connectivity index (χ3v) is 4.88. The number of carbonyl (C=O) groups is 1. The van der Waals surface area contributed by atoms with Crippen molar-refractivity contribution in [3.05, 3.63) is 71.6 Å². The summed E-state index contributed by atoms with van der Waals surface area (Å²) in [4.78, 5) is 12.2. The van der Waals surface area contributed by atoms with Gasteiger partial charge in [0.15, 0.2) is 0 Å². The molecule has 0 aromatic heterocycles. The van der Waals surface area contributed by atoms with Crippen LogP contribution in [0.4, 0.5) is 4.39 Å². The van der Waals surface area contributed by atoms with E-state index in [4.69, 9.17) is 4.74 Å². The lowest BCUT2D eigenvalue weighted by Gasteiger charge is -2.35. The lowest BCUT2D eigenvalue weighted by atomic mass is 9.79. The lowest BCUT2D eigenvalue weighted by molar-refractivity contribution is -0.154. The Balaban J connectivity index is 2.18. The topological polar surface area (TPSA) is 26.3 Å². The Labute approximate surface area is 142 Å². The van der Waals surface area contributed by atoms with E-state index < -0.39 is 11.6 Å². The lowest BCUT2D eigenvalue weighted by Crippen LogP contribution is -2.38. The van der Waals surface area contributed by atoms with Gasteiger partial charge in [-0.3, -0.25) is 0 Å². The first-order chi connectivity index (χ1) is 11.4. The zero-order valence-electron chi connectivity index (χ0n) is 14.2. The number of hydrogen-bond donors (Lipinski definition) is 0. The second kappa shape index (κ2) is 5.90. The number of fused-ring (bicyclic) bond motifs is 3. The van der Waals surface area contributed by atoms with Gasteiger partial charge in [-0.2, -0.15) is 0 Å². The van der Waals surface area contributed by atoms with E-state index in [0.717, 1.165) is 16.7 Å². The van der Waals surface area contributed by atoms with E-state index in [1.807, 2.05) is 44.2 Å². The number of halogens is 1. The molecule has 0 radical (unpaired) electrons. The van der Waals surface area contributed by atoms with Crippen molar-refractivity contribution in [3.8, 4) is 11.1 Å². The molecule has 0 heterocycles. The molecule has 24 heavy (non-hydrogen) atoms. The number of carbonyl (C=O) groups excluding carboxylic acids is 1. The molecule has 0 spiro atoms. The Morgan fingerprint density at radius 3 is 2.54 bits per heavy atom. The molecule has 0 bridgehead atoms. The van der Waals surface area contributed by atoms with E-state index in [0.29, 0.717) is 17.6 Å². The zero-order chi connectivity index (χ0) is 17.5. The Kier molecular flexibility index (Phi) is 4.04. The predicted octanol–water partition coefficient (Wildman–Crippen LogP) is 5.23. The first-order valence-electron chi connectivity index (χ1n) is 8.15. The van der Waals surface area contributed by atoms with Gasteiger partial charge in [-0.1, -0.05) is 49.9 Å². The van der Waals surface area contributed by atoms with Gasteiger partial charge in [-0.25, -0.2) is 9.18 Å². The Morgan fingerprint density at radius 2 is 1.88 bits per heavy atom. The predicted molar refractivity (Wildman–Crippen MR) is 93.3 cm³/mol. The van der Waals surface area contributed by atoms with Gasteiger partial charge in [-0.15, -0.1) is 0 Å². The highest BCUT2D eigenvalue weighted by Gasteiger charge is 2.44. The maximum Gasteiger partial charge on any atom is 0.333 e. The average Bonchev–Trinajstić information content (AvgIpc) is 2.90. The maximum absolute atomic E-state index is 14.5. The van der Waals surface area contributed by atoms with Crippen molar-refractivity contribution < 1.29 is 13.9 Å². The molecule has 1 aliphatic carbocycles. The van der Waals surface area contributed by atoms with Crippen LogP contribution in [0.15, 0.2) is 54.6 Å². The molecule has 2 aromatic rings. The van der Waals surface area contributed by atoms with Crippen molar-refractivity contribution in [2.45, 2.75) is 38.7 Å². The van der Waals surface area contributed by atoms with Crippen molar-refractivity contribution in [3.63, 3.8) is 0 Å². The van der Waals surface area contributed by atoms with E-state index >= 15 is 0 Å². The molecule has 0 saturated carbocycles. The molecule has 124 valence electrons. The summed E-state index contributed by atoms with van der Waals surface area (Å²) in [5.74, 6) is -0.860. The summed E-state index contributed by atoms with van der Waals surface area (Å²) in [7, 11) is 0. The molecular weight excluding hydrogens is 303 g/mol. The fourth-order valence-corrected chi connectivity index (χ4v) is 3.50. The zero-order valence-corrected chi connectivity index (χ0v) is 14.2. The molecule has 0 saturated heterocycles. The highest BCUT2D eigenvalue weighted by atomic mass is 19.1. The summed E-state index contributed by atoms with van der Waals surface area (Å²) >= 11 is 0. The number of hydrogen-bond acceptors (Lipinski definition) is 2. The molecule has 2 nitrogen and oxygen atoms in total. The van der Waals surface area contributed by atoms with Crippen LogP contribution in [0.1, 0.15) is 44.2 Å². The van der Waals surface area contributed by atoms with Crippen LogP contribution in [-0.2, 0) is 9.53 Å². The van der Waals surface area contributed by atoms with Crippen molar-refractivity contribution in [2.24, 2.45) is 0 Å². The SMILES string of the molecule is C=C(C)C(=O)OC(C)(CC)C1c2ccccc2-c2c(F)cccc21. The van der Waals surface area contributed by atoms with E-state index in [1.165, 1.54) is 6.07 Å². The van der Waals surface area contributed by atoms with E-state index in [1.54, 1.807) is 13.0 Å². The Hall–Kier alpha value is -2.42. The number of esters is 1. The number of benzene rings is 2. The number of ether oxygens (including phenoxy) is 1. The van der Waals surface area contributed by atoms with Crippen molar-refractivity contribution in [2.75, 3.05) is 0 Å². The molecule has 3 rings (SSSR count). The second-order valence-electron chi connectivity index (χ2n) is 6.56. The smallest absolute Gasteiger partial charge is 0.333 e. The van der Waals surface area contributed by atoms with Gasteiger partial charge in [0.2, 0.25) is 0 Å². The van der Waals surface area contributed by atoms with Gasteiger partial charge < -0.3 is 4.74 Å². The van der Waals surface area contributed by atoms with Crippen molar-refractivity contribution in [1.82, 2.24) is 0 Å². The highest BCUT2D eigenvalue weighted by Crippen LogP contribution is 2.52. The fourth-order valence-electron chi connectivity index (χ4n) is 3.50. The quantitative estimate of drug-likeness (QED) is 0.569. The van der Waals surface area contributed by atoms with Crippen LogP contribution in [0.25, 0.3) is 11.1 Å². The molecule has 0 aliphatic heterocycles. The van der Waals surface area contributed by atoms with Crippen LogP contribution in [0.3, 0.4) is 0 Å². The van der Waals surface area contributed by atoms with Gasteiger partial charge >= 0.3 is 5.97 Å². The van der Waals surface area contributed by atoms with Gasteiger partial charge in [0, 0.05) is 17.1 Å². The molecule has 0 N–H and O–H groups in total. The summed E-state index contributed by atoms with van der Waals surface area (Å²) < 4.78 is 20.3. The van der Waals surface area contributed by atoms with E-state index in [9.17, 15) is 9.18 Å². The van der Waals surface area contributed by atoms with Crippen molar-refractivity contribution in [1.29, 1.82) is 0 Å². The molecular formula is C21H21FO2. The second-order valence-corrected chi connectivity index (χ2v) is 6.56. The molecule has 1 aliphatic rings. The van der Waals surface area contributed by atoms with Crippen LogP contribution in [0, 0.1) is 5.82 Å². The minimum Gasteiger partial charge on any atom is -0.455 e. The summed E-state index contributed by atoms with van der Waals surface area (Å²) in [5, 5.41) is 0. The maximum atomic E-state index is 14.5. The first-order valence-corrected chi connectivity index (χ1v) is 8.15. The average molecular weight is 324 g/mol. The highest BCUT2D eigenvalue weighted by molar-refractivity contribution is 5.88. The minimum absolute atomic E-state index is 0.201. The first kappa shape index (κ1) is 16.4. The van der Waals surface area contributed by atoms with E-state index in [2.05, 4.69) is 6.58 Å². The minimum atomic E-state index is -0.773. The van der Waals surface area contributed by atoms with Gasteiger partial charge in [0.1, 0.15) is 11.4 Å². The normalized spacial score (nSPS) is 17.6. The third kappa shape index (κ3) is 2.44. The molecule has 2 aromatic carbocycles. The summed E-state index contributed by atoms with van der Waals surface area (Å²) in [6.45, 7) is 9.19. The monoisotopic (exact) mass is 324 g/mol. The van der Waals surface area contributed by atoms with E-state index in [-0.39, 0.29) is 11.7 Å². The molecule has 3 heteroatoms. The Morgan fingerprint density at radius 1 is 1.21 bits per heavy atom.